The second-order valence-electron chi connectivity index (χ2n) is 4.39. The number of halogens is 1. The lowest BCUT2D eigenvalue weighted by Gasteiger charge is -2.26. The number of rotatable bonds is 4. The van der Waals surface area contributed by atoms with E-state index in [0.29, 0.717) is 6.10 Å². The average Bonchev–Trinajstić information content (AvgIpc) is 2.37. The predicted octanol–water partition coefficient (Wildman–Crippen LogP) is 2.15. The number of hydrogen-bond acceptors (Lipinski definition) is 3. The first-order valence-corrected chi connectivity index (χ1v) is 6.42. The fourth-order valence-corrected chi connectivity index (χ4v) is 2.17. The molecule has 1 saturated heterocycles. The molecule has 0 spiro atoms. The Morgan fingerprint density at radius 2 is 2.41 bits per heavy atom. The molecule has 2 rings (SSSR count). The summed E-state index contributed by atoms with van der Waals surface area (Å²) in [5.74, 6) is 0. The Balaban J connectivity index is 1.82. The van der Waals surface area contributed by atoms with E-state index in [1.165, 1.54) is 0 Å². The van der Waals surface area contributed by atoms with Crippen molar-refractivity contribution in [2.75, 3.05) is 38.2 Å². The second-order valence-corrected chi connectivity index (χ2v) is 4.82. The van der Waals surface area contributed by atoms with E-state index in [2.05, 4.69) is 23.3 Å². The van der Waals surface area contributed by atoms with E-state index in [9.17, 15) is 0 Å². The van der Waals surface area contributed by atoms with Gasteiger partial charge in [-0.1, -0.05) is 17.7 Å². The minimum absolute atomic E-state index is 0.338. The standard InChI is InChI=1S/C13H19ClN2O/c1-16(12-4-2-3-11(14)9-12)7-5-13-10-15-6-8-17-13/h2-4,9,13,15H,5-8,10H2,1H3. The van der Waals surface area contributed by atoms with Crippen LogP contribution in [-0.2, 0) is 4.74 Å². The maximum Gasteiger partial charge on any atom is 0.0716 e. The number of nitrogens with one attached hydrogen (secondary N) is 1. The predicted molar refractivity (Wildman–Crippen MR) is 71.9 cm³/mol. The Hall–Kier alpha value is -0.770. The van der Waals surface area contributed by atoms with Crippen LogP contribution >= 0.6 is 11.6 Å². The molecule has 0 amide bonds. The molecule has 1 N–H and O–H groups in total. The molecule has 17 heavy (non-hydrogen) atoms. The summed E-state index contributed by atoms with van der Waals surface area (Å²) in [4.78, 5) is 2.21. The van der Waals surface area contributed by atoms with Gasteiger partial charge in [0.15, 0.2) is 0 Å². The molecule has 0 saturated carbocycles. The Bertz CT molecular complexity index is 353. The highest BCUT2D eigenvalue weighted by Crippen LogP contribution is 2.18. The van der Waals surface area contributed by atoms with E-state index in [0.717, 1.165) is 43.4 Å². The van der Waals surface area contributed by atoms with Crippen molar-refractivity contribution >= 4 is 17.3 Å². The highest BCUT2D eigenvalue weighted by Gasteiger charge is 2.13. The molecular formula is C13H19ClN2O. The van der Waals surface area contributed by atoms with Gasteiger partial charge in [0.25, 0.3) is 0 Å². The molecule has 1 aromatic rings. The summed E-state index contributed by atoms with van der Waals surface area (Å²) in [6, 6.07) is 7.94. The van der Waals surface area contributed by atoms with Gasteiger partial charge in [-0.3, -0.25) is 0 Å². The zero-order valence-electron chi connectivity index (χ0n) is 10.2. The molecule has 0 aliphatic carbocycles. The SMILES string of the molecule is CN(CCC1CNCCO1)c1cccc(Cl)c1. The van der Waals surface area contributed by atoms with Gasteiger partial charge in [-0.15, -0.1) is 0 Å². The third-order valence-corrected chi connectivity index (χ3v) is 3.27. The second kappa shape index (κ2) is 6.24. The van der Waals surface area contributed by atoms with Gasteiger partial charge in [-0.25, -0.2) is 0 Å². The van der Waals surface area contributed by atoms with Gasteiger partial charge in [0, 0.05) is 37.4 Å². The Kier molecular flexibility index (Phi) is 4.66. The molecule has 4 heteroatoms. The lowest BCUT2D eigenvalue weighted by molar-refractivity contribution is 0.0250. The molecule has 3 nitrogen and oxygen atoms in total. The van der Waals surface area contributed by atoms with Crippen LogP contribution in [0.5, 0.6) is 0 Å². The minimum atomic E-state index is 0.338. The van der Waals surface area contributed by atoms with Gasteiger partial charge in [0.2, 0.25) is 0 Å². The van der Waals surface area contributed by atoms with Crippen molar-refractivity contribution in [3.05, 3.63) is 29.3 Å². The molecule has 1 heterocycles. The molecule has 1 fully saturated rings. The smallest absolute Gasteiger partial charge is 0.0716 e. The molecule has 0 radical (unpaired) electrons. The zero-order chi connectivity index (χ0) is 12.1. The third kappa shape index (κ3) is 3.87. The zero-order valence-corrected chi connectivity index (χ0v) is 10.9. The number of ether oxygens (including phenoxy) is 1. The molecule has 0 aromatic heterocycles. The monoisotopic (exact) mass is 254 g/mol. The van der Waals surface area contributed by atoms with Crippen molar-refractivity contribution in [2.45, 2.75) is 12.5 Å². The molecular weight excluding hydrogens is 236 g/mol. The fourth-order valence-electron chi connectivity index (χ4n) is 1.99. The van der Waals surface area contributed by atoms with E-state index in [-0.39, 0.29) is 0 Å². The topological polar surface area (TPSA) is 24.5 Å². The van der Waals surface area contributed by atoms with Crippen LogP contribution < -0.4 is 10.2 Å². The summed E-state index contributed by atoms with van der Waals surface area (Å²) in [6.45, 7) is 3.74. The average molecular weight is 255 g/mol. The summed E-state index contributed by atoms with van der Waals surface area (Å²) in [5, 5.41) is 4.13. The molecule has 1 aliphatic rings. The van der Waals surface area contributed by atoms with Crippen LogP contribution in [0.3, 0.4) is 0 Å². The number of benzene rings is 1. The highest BCUT2D eigenvalue weighted by atomic mass is 35.5. The van der Waals surface area contributed by atoms with Crippen LogP contribution in [0.15, 0.2) is 24.3 Å². The maximum atomic E-state index is 5.98. The largest absolute Gasteiger partial charge is 0.376 e. The van der Waals surface area contributed by atoms with E-state index >= 15 is 0 Å². The van der Waals surface area contributed by atoms with Crippen LogP contribution in [0.2, 0.25) is 5.02 Å². The van der Waals surface area contributed by atoms with Crippen LogP contribution in [0.25, 0.3) is 0 Å². The molecule has 1 atom stereocenters. The van der Waals surface area contributed by atoms with Crippen molar-refractivity contribution in [3.63, 3.8) is 0 Å². The lowest BCUT2D eigenvalue weighted by Crippen LogP contribution is -2.40. The van der Waals surface area contributed by atoms with E-state index < -0.39 is 0 Å². The minimum Gasteiger partial charge on any atom is -0.376 e. The van der Waals surface area contributed by atoms with Gasteiger partial charge in [0.05, 0.1) is 12.7 Å². The first kappa shape index (κ1) is 12.7. The molecule has 0 bridgehead atoms. The quantitative estimate of drug-likeness (QED) is 0.891. The Morgan fingerprint density at radius 3 is 3.12 bits per heavy atom. The van der Waals surface area contributed by atoms with Gasteiger partial charge in [0.1, 0.15) is 0 Å². The van der Waals surface area contributed by atoms with Crippen molar-refractivity contribution in [1.29, 1.82) is 0 Å². The van der Waals surface area contributed by atoms with Crippen molar-refractivity contribution in [3.8, 4) is 0 Å². The van der Waals surface area contributed by atoms with Gasteiger partial charge < -0.3 is 15.0 Å². The Morgan fingerprint density at radius 1 is 1.53 bits per heavy atom. The first-order chi connectivity index (χ1) is 8.25. The fraction of sp³-hybridized carbons (Fsp3) is 0.538. The number of morpholine rings is 1. The van der Waals surface area contributed by atoms with Crippen LogP contribution in [0.1, 0.15) is 6.42 Å². The van der Waals surface area contributed by atoms with Crippen LogP contribution in [-0.4, -0.2) is 39.4 Å². The molecule has 1 aliphatic heterocycles. The first-order valence-electron chi connectivity index (χ1n) is 6.05. The van der Waals surface area contributed by atoms with Crippen molar-refractivity contribution < 1.29 is 4.74 Å². The highest BCUT2D eigenvalue weighted by molar-refractivity contribution is 6.30. The summed E-state index contributed by atoms with van der Waals surface area (Å²) in [7, 11) is 2.09. The number of anilines is 1. The summed E-state index contributed by atoms with van der Waals surface area (Å²) >= 11 is 5.98. The molecule has 94 valence electrons. The van der Waals surface area contributed by atoms with E-state index in [1.807, 2.05) is 18.2 Å². The number of hydrogen-bond donors (Lipinski definition) is 1. The van der Waals surface area contributed by atoms with Crippen LogP contribution in [0, 0.1) is 0 Å². The van der Waals surface area contributed by atoms with Crippen molar-refractivity contribution in [1.82, 2.24) is 5.32 Å². The van der Waals surface area contributed by atoms with Gasteiger partial charge >= 0.3 is 0 Å². The van der Waals surface area contributed by atoms with Crippen molar-refractivity contribution in [2.24, 2.45) is 0 Å². The number of nitrogens with zero attached hydrogens (tertiary/aromatic N) is 1. The van der Waals surface area contributed by atoms with Gasteiger partial charge in [-0.2, -0.15) is 0 Å². The molecule has 1 unspecified atom stereocenters. The lowest BCUT2D eigenvalue weighted by atomic mass is 10.2. The summed E-state index contributed by atoms with van der Waals surface area (Å²) < 4.78 is 5.67. The third-order valence-electron chi connectivity index (χ3n) is 3.04. The van der Waals surface area contributed by atoms with E-state index in [1.54, 1.807) is 0 Å². The summed E-state index contributed by atoms with van der Waals surface area (Å²) in [5.41, 5.74) is 1.15. The summed E-state index contributed by atoms with van der Waals surface area (Å²) in [6.07, 6.45) is 1.38. The van der Waals surface area contributed by atoms with Gasteiger partial charge in [-0.05, 0) is 24.6 Å². The normalized spacial score (nSPS) is 20.2. The van der Waals surface area contributed by atoms with E-state index in [4.69, 9.17) is 16.3 Å². The van der Waals surface area contributed by atoms with Crippen LogP contribution in [0.4, 0.5) is 5.69 Å². The maximum absolute atomic E-state index is 5.98. The Labute approximate surface area is 108 Å². The molecule has 1 aromatic carbocycles.